The van der Waals surface area contributed by atoms with E-state index in [9.17, 15) is 4.79 Å². The first kappa shape index (κ1) is 10.5. The number of carbonyl (C=O) groups is 1. The first-order valence-corrected chi connectivity index (χ1v) is 4.23. The molecule has 0 aliphatic heterocycles. The zero-order chi connectivity index (χ0) is 10.6. The molecule has 0 atom stereocenters. The number of hydrogen-bond acceptors (Lipinski definition) is 3. The van der Waals surface area contributed by atoms with Crippen molar-refractivity contribution in [3.8, 4) is 0 Å². The molecule has 76 valence electrons. The second kappa shape index (κ2) is 4.59. The molecule has 2 amide bonds. The van der Waals surface area contributed by atoms with Crippen molar-refractivity contribution in [1.29, 1.82) is 0 Å². The Hall–Kier alpha value is -1.59. The van der Waals surface area contributed by atoms with E-state index in [0.717, 1.165) is 16.1 Å². The third-order valence-corrected chi connectivity index (χ3v) is 1.89. The van der Waals surface area contributed by atoms with Gasteiger partial charge in [-0.3, -0.25) is 5.01 Å². The number of primary amides is 1. The monoisotopic (exact) mass is 194 g/mol. The Morgan fingerprint density at radius 2 is 1.71 bits per heavy atom. The molecule has 1 aromatic carbocycles. The number of hydrazine groups is 1. The lowest BCUT2D eigenvalue weighted by Crippen LogP contribution is -2.40. The molecule has 0 radical (unpaired) electrons. The first-order valence-electron chi connectivity index (χ1n) is 4.23. The van der Waals surface area contributed by atoms with Crippen molar-refractivity contribution >= 4 is 6.03 Å². The van der Waals surface area contributed by atoms with Crippen molar-refractivity contribution in [1.82, 2.24) is 5.01 Å². The smallest absolute Gasteiger partial charge is 0.329 e. The van der Waals surface area contributed by atoms with E-state index in [1.807, 2.05) is 24.3 Å². The number of benzene rings is 1. The fourth-order valence-electron chi connectivity index (χ4n) is 1.06. The van der Waals surface area contributed by atoms with Crippen molar-refractivity contribution in [3.63, 3.8) is 0 Å². The van der Waals surface area contributed by atoms with Gasteiger partial charge >= 0.3 is 6.03 Å². The van der Waals surface area contributed by atoms with E-state index in [0.29, 0.717) is 13.1 Å². The summed E-state index contributed by atoms with van der Waals surface area (Å²) in [4.78, 5) is 10.6. The Bertz CT molecular complexity index is 309. The topological polar surface area (TPSA) is 98.4 Å². The van der Waals surface area contributed by atoms with Crippen molar-refractivity contribution in [2.75, 3.05) is 0 Å². The standard InChI is InChI=1S/C9H14N4O/c10-5-7-1-3-8(4-2-7)6-13(12)9(11)14/h1-4H,5-6,10,12H2,(H2,11,14). The first-order chi connectivity index (χ1) is 6.63. The van der Waals surface area contributed by atoms with Gasteiger partial charge in [-0.25, -0.2) is 10.6 Å². The third kappa shape index (κ3) is 2.72. The van der Waals surface area contributed by atoms with Gasteiger partial charge in [0.25, 0.3) is 0 Å². The highest BCUT2D eigenvalue weighted by molar-refractivity contribution is 5.71. The molecule has 5 nitrogen and oxygen atoms in total. The van der Waals surface area contributed by atoms with Gasteiger partial charge in [0.1, 0.15) is 0 Å². The molecule has 0 heterocycles. The van der Waals surface area contributed by atoms with E-state index in [-0.39, 0.29) is 0 Å². The second-order valence-corrected chi connectivity index (χ2v) is 2.99. The van der Waals surface area contributed by atoms with Gasteiger partial charge in [-0.1, -0.05) is 24.3 Å². The molecule has 0 saturated carbocycles. The van der Waals surface area contributed by atoms with E-state index in [1.165, 1.54) is 0 Å². The Morgan fingerprint density at radius 3 is 2.14 bits per heavy atom. The van der Waals surface area contributed by atoms with E-state index >= 15 is 0 Å². The van der Waals surface area contributed by atoms with Crippen LogP contribution in [0, 0.1) is 0 Å². The van der Waals surface area contributed by atoms with Crippen LogP contribution in [0.3, 0.4) is 0 Å². The molecule has 0 unspecified atom stereocenters. The van der Waals surface area contributed by atoms with E-state index in [4.69, 9.17) is 17.3 Å². The van der Waals surface area contributed by atoms with Crippen molar-refractivity contribution < 1.29 is 4.79 Å². The minimum Gasteiger partial charge on any atom is -0.350 e. The molecule has 6 N–H and O–H groups in total. The summed E-state index contributed by atoms with van der Waals surface area (Å²) >= 11 is 0. The zero-order valence-electron chi connectivity index (χ0n) is 7.81. The molecular formula is C9H14N4O. The maximum Gasteiger partial charge on any atom is 0.329 e. The van der Waals surface area contributed by atoms with Crippen LogP contribution in [-0.4, -0.2) is 11.0 Å². The number of amides is 2. The third-order valence-electron chi connectivity index (χ3n) is 1.89. The Morgan fingerprint density at radius 1 is 1.21 bits per heavy atom. The van der Waals surface area contributed by atoms with Crippen LogP contribution >= 0.6 is 0 Å². The van der Waals surface area contributed by atoms with Crippen LogP contribution in [0.5, 0.6) is 0 Å². The molecule has 0 saturated heterocycles. The highest BCUT2D eigenvalue weighted by Gasteiger charge is 2.04. The zero-order valence-corrected chi connectivity index (χ0v) is 7.81. The summed E-state index contributed by atoms with van der Waals surface area (Å²) in [7, 11) is 0. The van der Waals surface area contributed by atoms with Crippen LogP contribution < -0.4 is 17.3 Å². The number of rotatable bonds is 3. The molecule has 0 aliphatic rings. The van der Waals surface area contributed by atoms with Gasteiger partial charge in [0.2, 0.25) is 0 Å². The van der Waals surface area contributed by atoms with Gasteiger partial charge in [0.15, 0.2) is 0 Å². The number of nitrogens with zero attached hydrogens (tertiary/aromatic N) is 1. The van der Waals surface area contributed by atoms with Crippen molar-refractivity contribution in [2.45, 2.75) is 13.1 Å². The van der Waals surface area contributed by atoms with Crippen LogP contribution in [0.1, 0.15) is 11.1 Å². The molecule has 0 spiro atoms. The van der Waals surface area contributed by atoms with Gasteiger partial charge in [0, 0.05) is 6.54 Å². The van der Waals surface area contributed by atoms with Crippen LogP contribution in [0.4, 0.5) is 4.79 Å². The molecule has 1 aromatic rings. The van der Waals surface area contributed by atoms with Crippen LogP contribution in [0.15, 0.2) is 24.3 Å². The van der Waals surface area contributed by atoms with E-state index in [2.05, 4.69) is 0 Å². The van der Waals surface area contributed by atoms with Gasteiger partial charge in [-0.15, -0.1) is 0 Å². The van der Waals surface area contributed by atoms with Gasteiger partial charge in [-0.2, -0.15) is 0 Å². The summed E-state index contributed by atoms with van der Waals surface area (Å²) in [5.41, 5.74) is 12.4. The van der Waals surface area contributed by atoms with E-state index < -0.39 is 6.03 Å². The lowest BCUT2D eigenvalue weighted by molar-refractivity contribution is 0.206. The summed E-state index contributed by atoms with van der Waals surface area (Å²) in [6.45, 7) is 0.808. The van der Waals surface area contributed by atoms with Crippen LogP contribution in [0.2, 0.25) is 0 Å². The number of hydrogen-bond donors (Lipinski definition) is 3. The summed E-state index contributed by atoms with van der Waals surface area (Å²) in [5.74, 6) is 5.35. The van der Waals surface area contributed by atoms with Gasteiger partial charge in [-0.05, 0) is 11.1 Å². The maximum atomic E-state index is 10.6. The largest absolute Gasteiger partial charge is 0.350 e. The van der Waals surface area contributed by atoms with Crippen molar-refractivity contribution in [3.05, 3.63) is 35.4 Å². The lowest BCUT2D eigenvalue weighted by Gasteiger charge is -2.13. The van der Waals surface area contributed by atoms with Crippen molar-refractivity contribution in [2.24, 2.45) is 17.3 Å². The fourth-order valence-corrected chi connectivity index (χ4v) is 1.06. The molecule has 0 aromatic heterocycles. The average molecular weight is 194 g/mol. The summed E-state index contributed by atoms with van der Waals surface area (Å²) in [5, 5.41) is 0.956. The molecule has 0 bridgehead atoms. The highest BCUT2D eigenvalue weighted by atomic mass is 16.2. The highest BCUT2D eigenvalue weighted by Crippen LogP contribution is 2.05. The molecule has 5 heteroatoms. The maximum absolute atomic E-state index is 10.6. The minimum atomic E-state index is -0.645. The summed E-state index contributed by atoms with van der Waals surface area (Å²) in [6.07, 6.45) is 0. The second-order valence-electron chi connectivity index (χ2n) is 2.99. The molecule has 0 fully saturated rings. The summed E-state index contributed by atoms with van der Waals surface area (Å²) in [6, 6.07) is 6.87. The van der Waals surface area contributed by atoms with Crippen LogP contribution in [-0.2, 0) is 13.1 Å². The Labute approximate surface area is 82.4 Å². The molecule has 0 aliphatic carbocycles. The molecular weight excluding hydrogens is 180 g/mol. The Balaban J connectivity index is 2.64. The predicted molar refractivity (Wildman–Crippen MR) is 53.6 cm³/mol. The predicted octanol–water partition coefficient (Wildman–Crippen LogP) is -0.100. The quantitative estimate of drug-likeness (QED) is 0.356. The Kier molecular flexibility index (Phi) is 3.44. The number of urea groups is 1. The number of nitrogens with two attached hydrogens (primary N) is 3. The van der Waals surface area contributed by atoms with Crippen LogP contribution in [0.25, 0.3) is 0 Å². The molecule has 14 heavy (non-hydrogen) atoms. The average Bonchev–Trinajstić information content (AvgIpc) is 2.19. The summed E-state index contributed by atoms with van der Waals surface area (Å²) < 4.78 is 0. The van der Waals surface area contributed by atoms with E-state index in [1.54, 1.807) is 0 Å². The lowest BCUT2D eigenvalue weighted by atomic mass is 10.1. The SMILES string of the molecule is NCc1ccc(CN(N)C(N)=O)cc1. The fraction of sp³-hybridized carbons (Fsp3) is 0.222. The normalized spacial score (nSPS) is 9.86. The number of carbonyl (C=O) groups excluding carboxylic acids is 1. The molecule has 1 rings (SSSR count). The minimum absolute atomic E-state index is 0.306. The van der Waals surface area contributed by atoms with Gasteiger partial charge in [0.05, 0.1) is 6.54 Å². The van der Waals surface area contributed by atoms with Gasteiger partial charge < -0.3 is 11.5 Å².